The van der Waals surface area contributed by atoms with Crippen molar-refractivity contribution >= 4 is 22.4 Å². The van der Waals surface area contributed by atoms with E-state index in [9.17, 15) is 4.79 Å². The normalized spacial score (nSPS) is 19.3. The Bertz CT molecular complexity index is 573. The van der Waals surface area contributed by atoms with Gasteiger partial charge in [0.05, 0.1) is 6.54 Å². The van der Waals surface area contributed by atoms with E-state index < -0.39 is 0 Å². The lowest BCUT2D eigenvalue weighted by Gasteiger charge is -2.32. The lowest BCUT2D eigenvalue weighted by atomic mass is 9.91. The molecule has 0 aliphatic carbocycles. The van der Waals surface area contributed by atoms with Crippen LogP contribution in [0, 0.1) is 0 Å². The molecule has 1 atom stereocenters. The first-order valence-electron chi connectivity index (χ1n) is 7.13. The predicted octanol–water partition coefficient (Wildman–Crippen LogP) is 2.36. The number of nitrogens with one attached hydrogen (secondary N) is 1. The van der Waals surface area contributed by atoms with Gasteiger partial charge in [-0.3, -0.25) is 14.7 Å². The summed E-state index contributed by atoms with van der Waals surface area (Å²) in [4.78, 5) is 22.4. The summed E-state index contributed by atoms with van der Waals surface area (Å²) in [6.07, 6.45) is 7.67. The SMILES string of the molecule is O=C(CN1CCCC(c2ccncc2)C1)Nc1nccs1. The Balaban J connectivity index is 1.55. The first-order valence-corrected chi connectivity index (χ1v) is 8.01. The molecule has 3 rings (SSSR count). The van der Waals surface area contributed by atoms with Gasteiger partial charge in [0.25, 0.3) is 0 Å². The van der Waals surface area contributed by atoms with Crippen LogP contribution in [-0.2, 0) is 4.79 Å². The Morgan fingerprint density at radius 3 is 3.00 bits per heavy atom. The Kier molecular flexibility index (Phi) is 4.57. The number of hydrogen-bond donors (Lipinski definition) is 1. The van der Waals surface area contributed by atoms with E-state index in [1.807, 2.05) is 17.8 Å². The average Bonchev–Trinajstić information content (AvgIpc) is 3.01. The molecule has 1 unspecified atom stereocenters. The van der Waals surface area contributed by atoms with Crippen LogP contribution in [0.5, 0.6) is 0 Å². The number of hydrogen-bond acceptors (Lipinski definition) is 5. The van der Waals surface area contributed by atoms with Gasteiger partial charge >= 0.3 is 0 Å². The molecule has 1 N–H and O–H groups in total. The fourth-order valence-electron chi connectivity index (χ4n) is 2.75. The van der Waals surface area contributed by atoms with Gasteiger partial charge < -0.3 is 5.32 Å². The number of anilines is 1. The summed E-state index contributed by atoms with van der Waals surface area (Å²) in [5, 5.41) is 5.37. The molecule has 0 bridgehead atoms. The average molecular weight is 302 g/mol. The molecular weight excluding hydrogens is 284 g/mol. The van der Waals surface area contributed by atoms with Crippen LogP contribution in [0.25, 0.3) is 0 Å². The maximum atomic E-state index is 12.0. The summed E-state index contributed by atoms with van der Waals surface area (Å²) in [6.45, 7) is 2.34. The monoisotopic (exact) mass is 302 g/mol. The molecule has 3 heterocycles. The number of pyridine rings is 1. The Labute approximate surface area is 128 Å². The van der Waals surface area contributed by atoms with Crippen molar-refractivity contribution in [1.82, 2.24) is 14.9 Å². The number of carbonyl (C=O) groups excluding carboxylic acids is 1. The standard InChI is InChI=1S/C15H18N4OS/c20-14(18-15-17-7-9-21-15)11-19-8-1-2-13(10-19)12-3-5-16-6-4-12/h3-7,9,13H,1-2,8,10-11H2,(H,17,18,20). The molecule has 0 aromatic carbocycles. The molecule has 2 aromatic heterocycles. The molecule has 1 saturated heterocycles. The van der Waals surface area contributed by atoms with Gasteiger partial charge in [-0.25, -0.2) is 4.98 Å². The summed E-state index contributed by atoms with van der Waals surface area (Å²) >= 11 is 1.44. The molecule has 2 aromatic rings. The van der Waals surface area contributed by atoms with Crippen molar-refractivity contribution in [2.45, 2.75) is 18.8 Å². The van der Waals surface area contributed by atoms with E-state index in [0.29, 0.717) is 17.6 Å². The molecule has 1 amide bonds. The van der Waals surface area contributed by atoms with E-state index in [-0.39, 0.29) is 5.91 Å². The number of rotatable bonds is 4. The van der Waals surface area contributed by atoms with Crippen molar-refractivity contribution in [1.29, 1.82) is 0 Å². The van der Waals surface area contributed by atoms with E-state index in [2.05, 4.69) is 32.3 Å². The molecule has 5 nitrogen and oxygen atoms in total. The van der Waals surface area contributed by atoms with Crippen molar-refractivity contribution in [2.75, 3.05) is 25.0 Å². The molecular formula is C15H18N4OS. The smallest absolute Gasteiger partial charge is 0.240 e. The minimum absolute atomic E-state index is 0.0142. The largest absolute Gasteiger partial charge is 0.301 e. The number of thiazole rings is 1. The van der Waals surface area contributed by atoms with Crippen molar-refractivity contribution in [3.63, 3.8) is 0 Å². The highest BCUT2D eigenvalue weighted by Gasteiger charge is 2.22. The van der Waals surface area contributed by atoms with E-state index >= 15 is 0 Å². The zero-order valence-corrected chi connectivity index (χ0v) is 12.6. The third-order valence-corrected chi connectivity index (χ3v) is 4.42. The Morgan fingerprint density at radius 1 is 1.38 bits per heavy atom. The fraction of sp³-hybridized carbons (Fsp3) is 0.400. The van der Waals surface area contributed by atoms with Crippen molar-refractivity contribution in [3.8, 4) is 0 Å². The van der Waals surface area contributed by atoms with E-state index in [1.165, 1.54) is 23.3 Å². The quantitative estimate of drug-likeness (QED) is 0.942. The van der Waals surface area contributed by atoms with Gasteiger partial charge in [0.2, 0.25) is 5.91 Å². The van der Waals surface area contributed by atoms with Crippen molar-refractivity contribution in [3.05, 3.63) is 41.7 Å². The van der Waals surface area contributed by atoms with Crippen LogP contribution >= 0.6 is 11.3 Å². The molecule has 21 heavy (non-hydrogen) atoms. The summed E-state index contributed by atoms with van der Waals surface area (Å²) < 4.78 is 0. The Hall–Kier alpha value is -1.79. The van der Waals surface area contributed by atoms with Gasteiger partial charge in [-0.2, -0.15) is 0 Å². The maximum absolute atomic E-state index is 12.0. The summed E-state index contributed by atoms with van der Waals surface area (Å²) in [6, 6.07) is 4.15. The lowest BCUT2D eigenvalue weighted by molar-refractivity contribution is -0.117. The van der Waals surface area contributed by atoms with Gasteiger partial charge in [-0.1, -0.05) is 0 Å². The second-order valence-corrected chi connectivity index (χ2v) is 6.13. The zero-order valence-electron chi connectivity index (χ0n) is 11.7. The molecule has 0 saturated carbocycles. The number of aromatic nitrogens is 2. The number of likely N-dealkylation sites (tertiary alicyclic amines) is 1. The fourth-order valence-corrected chi connectivity index (χ4v) is 3.30. The minimum Gasteiger partial charge on any atom is -0.301 e. The second kappa shape index (κ2) is 6.78. The topological polar surface area (TPSA) is 58.1 Å². The first kappa shape index (κ1) is 14.2. The van der Waals surface area contributed by atoms with E-state index in [1.54, 1.807) is 6.20 Å². The van der Waals surface area contributed by atoms with Crippen LogP contribution < -0.4 is 5.32 Å². The molecule has 0 spiro atoms. The van der Waals surface area contributed by atoms with Crippen molar-refractivity contribution < 1.29 is 4.79 Å². The highest BCUT2D eigenvalue weighted by Crippen LogP contribution is 2.26. The Morgan fingerprint density at radius 2 is 2.24 bits per heavy atom. The van der Waals surface area contributed by atoms with Crippen LogP contribution in [0.2, 0.25) is 0 Å². The summed E-state index contributed by atoms with van der Waals surface area (Å²) in [5.41, 5.74) is 1.31. The van der Waals surface area contributed by atoms with Crippen LogP contribution in [0.4, 0.5) is 5.13 Å². The zero-order chi connectivity index (χ0) is 14.5. The molecule has 110 valence electrons. The first-order chi connectivity index (χ1) is 10.3. The van der Waals surface area contributed by atoms with E-state index in [0.717, 1.165) is 19.5 Å². The van der Waals surface area contributed by atoms with Crippen LogP contribution in [-0.4, -0.2) is 40.4 Å². The third kappa shape index (κ3) is 3.86. The summed E-state index contributed by atoms with van der Waals surface area (Å²) in [7, 11) is 0. The van der Waals surface area contributed by atoms with Gasteiger partial charge in [0.15, 0.2) is 5.13 Å². The molecule has 0 radical (unpaired) electrons. The lowest BCUT2D eigenvalue weighted by Crippen LogP contribution is -2.39. The number of nitrogens with zero attached hydrogens (tertiary/aromatic N) is 3. The van der Waals surface area contributed by atoms with Gasteiger partial charge in [-0.15, -0.1) is 11.3 Å². The molecule has 1 fully saturated rings. The summed E-state index contributed by atoms with van der Waals surface area (Å²) in [5.74, 6) is 0.509. The van der Waals surface area contributed by atoms with Gasteiger partial charge in [0.1, 0.15) is 0 Å². The number of carbonyl (C=O) groups is 1. The van der Waals surface area contributed by atoms with Crippen molar-refractivity contribution in [2.24, 2.45) is 0 Å². The molecule has 6 heteroatoms. The highest BCUT2D eigenvalue weighted by molar-refractivity contribution is 7.13. The highest BCUT2D eigenvalue weighted by atomic mass is 32.1. The van der Waals surface area contributed by atoms with Gasteiger partial charge in [-0.05, 0) is 43.0 Å². The minimum atomic E-state index is 0.0142. The number of amides is 1. The van der Waals surface area contributed by atoms with Crippen LogP contribution in [0.3, 0.4) is 0 Å². The van der Waals surface area contributed by atoms with E-state index in [4.69, 9.17) is 0 Å². The van der Waals surface area contributed by atoms with Crippen LogP contribution in [0.1, 0.15) is 24.3 Å². The number of piperidine rings is 1. The maximum Gasteiger partial charge on any atom is 0.240 e. The molecule has 1 aliphatic heterocycles. The third-order valence-electron chi connectivity index (χ3n) is 3.73. The van der Waals surface area contributed by atoms with Crippen LogP contribution in [0.15, 0.2) is 36.1 Å². The molecule has 1 aliphatic rings. The van der Waals surface area contributed by atoms with Gasteiger partial charge in [0, 0.05) is 30.5 Å². The predicted molar refractivity (Wildman–Crippen MR) is 83.4 cm³/mol. The second-order valence-electron chi connectivity index (χ2n) is 5.24.